The third kappa shape index (κ3) is 3.84. The van der Waals surface area contributed by atoms with Gasteiger partial charge in [0.1, 0.15) is 0 Å². The van der Waals surface area contributed by atoms with Crippen LogP contribution >= 0.6 is 22.6 Å². The average molecular weight is 380 g/mol. The van der Waals surface area contributed by atoms with Crippen molar-refractivity contribution in [1.82, 2.24) is 5.32 Å². The van der Waals surface area contributed by atoms with E-state index in [-0.39, 0.29) is 23.6 Å². The van der Waals surface area contributed by atoms with Crippen molar-refractivity contribution in [3.8, 4) is 0 Å². The Morgan fingerprint density at radius 3 is 2.50 bits per heavy atom. The highest BCUT2D eigenvalue weighted by molar-refractivity contribution is 14.1. The van der Waals surface area contributed by atoms with Gasteiger partial charge in [-0.25, -0.2) is 13.2 Å². The van der Waals surface area contributed by atoms with Crippen molar-refractivity contribution in [3.05, 3.63) is 27.8 Å². The molecule has 0 aromatic heterocycles. The van der Waals surface area contributed by atoms with E-state index in [1.54, 1.807) is 12.1 Å². The largest absolute Gasteiger partial charge is 0.334 e. The van der Waals surface area contributed by atoms with Gasteiger partial charge in [0, 0.05) is 15.3 Å². The minimum atomic E-state index is -2.96. The summed E-state index contributed by atoms with van der Waals surface area (Å²) in [6, 6.07) is 6.73. The lowest BCUT2D eigenvalue weighted by molar-refractivity contribution is 0.249. The molecule has 1 atom stereocenters. The Kier molecular flexibility index (Phi) is 4.10. The molecule has 1 unspecified atom stereocenters. The number of halogens is 1. The molecule has 0 radical (unpaired) electrons. The summed E-state index contributed by atoms with van der Waals surface area (Å²) in [7, 11) is -2.96. The van der Waals surface area contributed by atoms with E-state index in [4.69, 9.17) is 0 Å². The van der Waals surface area contributed by atoms with Crippen molar-refractivity contribution in [2.45, 2.75) is 12.5 Å². The molecule has 5 nitrogen and oxygen atoms in total. The molecule has 1 aliphatic heterocycles. The second kappa shape index (κ2) is 5.43. The van der Waals surface area contributed by atoms with Crippen molar-refractivity contribution in [1.29, 1.82) is 0 Å². The van der Waals surface area contributed by atoms with Gasteiger partial charge in [-0.15, -0.1) is 0 Å². The summed E-state index contributed by atoms with van der Waals surface area (Å²) in [5.41, 5.74) is 0.689. The molecule has 1 aliphatic rings. The van der Waals surface area contributed by atoms with Crippen LogP contribution < -0.4 is 10.6 Å². The maximum absolute atomic E-state index is 11.6. The minimum absolute atomic E-state index is 0.0348. The Bertz CT molecular complexity index is 542. The van der Waals surface area contributed by atoms with Gasteiger partial charge in [-0.1, -0.05) is 0 Å². The number of anilines is 1. The summed E-state index contributed by atoms with van der Waals surface area (Å²) >= 11 is 2.18. The fourth-order valence-electron chi connectivity index (χ4n) is 1.79. The number of hydrogen-bond acceptors (Lipinski definition) is 3. The Morgan fingerprint density at radius 1 is 1.28 bits per heavy atom. The fourth-order valence-corrected chi connectivity index (χ4v) is 3.83. The Balaban J connectivity index is 1.88. The van der Waals surface area contributed by atoms with E-state index in [1.165, 1.54) is 0 Å². The predicted molar refractivity (Wildman–Crippen MR) is 78.4 cm³/mol. The molecule has 7 heteroatoms. The second-order valence-corrected chi connectivity index (χ2v) is 7.68. The molecule has 1 heterocycles. The minimum Gasteiger partial charge on any atom is -0.334 e. The summed E-state index contributed by atoms with van der Waals surface area (Å²) in [4.78, 5) is 11.6. The molecule has 2 amide bonds. The third-order valence-corrected chi connectivity index (χ3v) is 5.16. The van der Waals surface area contributed by atoms with Gasteiger partial charge in [-0.3, -0.25) is 0 Å². The first-order chi connectivity index (χ1) is 8.44. The van der Waals surface area contributed by atoms with Crippen LogP contribution in [0.1, 0.15) is 6.42 Å². The van der Waals surface area contributed by atoms with Crippen molar-refractivity contribution in [2.24, 2.45) is 0 Å². The number of carbonyl (C=O) groups is 1. The first-order valence-electron chi connectivity index (χ1n) is 5.48. The number of carbonyl (C=O) groups excluding carboxylic acids is 1. The summed E-state index contributed by atoms with van der Waals surface area (Å²) in [5.74, 6) is 0.189. The molecule has 2 N–H and O–H groups in total. The maximum atomic E-state index is 11.6. The SMILES string of the molecule is O=C(Nc1ccc(I)cc1)NC1CCS(=O)(=O)C1. The van der Waals surface area contributed by atoms with Crippen LogP contribution in [0.5, 0.6) is 0 Å². The van der Waals surface area contributed by atoms with E-state index in [0.29, 0.717) is 12.1 Å². The van der Waals surface area contributed by atoms with Crippen molar-refractivity contribution >= 4 is 44.1 Å². The van der Waals surface area contributed by atoms with Crippen molar-refractivity contribution in [2.75, 3.05) is 16.8 Å². The van der Waals surface area contributed by atoms with Crippen LogP contribution in [-0.4, -0.2) is 32.0 Å². The normalized spacial score (nSPS) is 21.5. The average Bonchev–Trinajstić information content (AvgIpc) is 2.61. The zero-order valence-corrected chi connectivity index (χ0v) is 12.5. The van der Waals surface area contributed by atoms with Crippen LogP contribution in [-0.2, 0) is 9.84 Å². The Morgan fingerprint density at radius 2 is 1.94 bits per heavy atom. The van der Waals surface area contributed by atoms with Crippen molar-refractivity contribution in [3.63, 3.8) is 0 Å². The quantitative estimate of drug-likeness (QED) is 0.766. The molecular formula is C11H13IN2O3S. The van der Waals surface area contributed by atoms with E-state index in [9.17, 15) is 13.2 Å². The molecule has 1 fully saturated rings. The summed E-state index contributed by atoms with van der Waals surface area (Å²) in [6.07, 6.45) is 0.489. The number of hydrogen-bond donors (Lipinski definition) is 2. The lowest BCUT2D eigenvalue weighted by Gasteiger charge is -2.12. The van der Waals surface area contributed by atoms with Gasteiger partial charge in [0.25, 0.3) is 0 Å². The van der Waals surface area contributed by atoms with Gasteiger partial charge in [-0.2, -0.15) is 0 Å². The van der Waals surface area contributed by atoms with Gasteiger partial charge >= 0.3 is 6.03 Å². The molecule has 0 bridgehead atoms. The molecule has 0 aliphatic carbocycles. The maximum Gasteiger partial charge on any atom is 0.319 e. The number of benzene rings is 1. The first kappa shape index (κ1) is 13.6. The monoisotopic (exact) mass is 380 g/mol. The number of nitrogens with one attached hydrogen (secondary N) is 2. The van der Waals surface area contributed by atoms with Gasteiger partial charge in [-0.05, 0) is 53.3 Å². The highest BCUT2D eigenvalue weighted by Crippen LogP contribution is 2.13. The molecule has 2 rings (SSSR count). The molecule has 0 spiro atoms. The number of amides is 2. The lowest BCUT2D eigenvalue weighted by atomic mass is 10.3. The first-order valence-corrected chi connectivity index (χ1v) is 8.38. The van der Waals surface area contributed by atoms with E-state index < -0.39 is 9.84 Å². The van der Waals surface area contributed by atoms with Crippen LogP contribution in [0.4, 0.5) is 10.5 Å². The molecule has 98 valence electrons. The van der Waals surface area contributed by atoms with Crippen LogP contribution in [0.15, 0.2) is 24.3 Å². The lowest BCUT2D eigenvalue weighted by Crippen LogP contribution is -2.38. The predicted octanol–water partition coefficient (Wildman–Crippen LogP) is 1.60. The van der Waals surface area contributed by atoms with Gasteiger partial charge in [0.15, 0.2) is 9.84 Å². The third-order valence-electron chi connectivity index (χ3n) is 2.67. The summed E-state index contributed by atoms with van der Waals surface area (Å²) < 4.78 is 23.6. The summed E-state index contributed by atoms with van der Waals surface area (Å²) in [6.45, 7) is 0. The molecule has 18 heavy (non-hydrogen) atoms. The molecule has 0 saturated carbocycles. The Labute approximate surface area is 119 Å². The highest BCUT2D eigenvalue weighted by atomic mass is 127. The molecular weight excluding hydrogens is 367 g/mol. The zero-order chi connectivity index (χ0) is 13.2. The number of urea groups is 1. The molecule has 1 aromatic carbocycles. The van der Waals surface area contributed by atoms with E-state index in [1.807, 2.05) is 12.1 Å². The zero-order valence-electron chi connectivity index (χ0n) is 9.52. The van der Waals surface area contributed by atoms with Crippen LogP contribution in [0, 0.1) is 3.57 Å². The van der Waals surface area contributed by atoms with Gasteiger partial charge in [0.2, 0.25) is 0 Å². The van der Waals surface area contributed by atoms with Crippen LogP contribution in [0.2, 0.25) is 0 Å². The van der Waals surface area contributed by atoms with Gasteiger partial charge in [0.05, 0.1) is 11.5 Å². The molecule has 1 saturated heterocycles. The van der Waals surface area contributed by atoms with Crippen molar-refractivity contribution < 1.29 is 13.2 Å². The fraction of sp³-hybridized carbons (Fsp3) is 0.364. The number of rotatable bonds is 2. The topological polar surface area (TPSA) is 75.3 Å². The van der Waals surface area contributed by atoms with Crippen LogP contribution in [0.3, 0.4) is 0 Å². The number of sulfone groups is 1. The highest BCUT2D eigenvalue weighted by Gasteiger charge is 2.28. The molecule has 1 aromatic rings. The van der Waals surface area contributed by atoms with E-state index >= 15 is 0 Å². The van der Waals surface area contributed by atoms with Crippen LogP contribution in [0.25, 0.3) is 0 Å². The standard InChI is InChI=1S/C11H13IN2O3S/c12-8-1-3-9(4-2-8)13-11(15)14-10-5-6-18(16,17)7-10/h1-4,10H,5-7H2,(H2,13,14,15). The smallest absolute Gasteiger partial charge is 0.319 e. The van der Waals surface area contributed by atoms with Gasteiger partial charge < -0.3 is 10.6 Å². The van der Waals surface area contributed by atoms with E-state index in [2.05, 4.69) is 33.2 Å². The summed E-state index contributed by atoms with van der Waals surface area (Å²) in [5, 5.41) is 5.34. The second-order valence-electron chi connectivity index (χ2n) is 4.21. The van der Waals surface area contributed by atoms with E-state index in [0.717, 1.165) is 3.57 Å². The Hall–Kier alpha value is -0.830.